The number of likely N-dealkylation sites (N-methyl/N-ethyl adjacent to an activating group) is 2. The highest BCUT2D eigenvalue weighted by Gasteiger charge is 2.24. The second kappa shape index (κ2) is 2.25. The maximum absolute atomic E-state index is 9.40. The molecule has 0 saturated carbocycles. The average Bonchev–Trinajstić information content (AvgIpc) is 1.78. The summed E-state index contributed by atoms with van der Waals surface area (Å²) in [5.74, 6) is 0. The SMILES string of the molecule is CN1CC[N+](C)(O)CC1. The number of rotatable bonds is 0. The lowest BCUT2D eigenvalue weighted by atomic mass is 10.3. The van der Waals surface area contributed by atoms with Crippen molar-refractivity contribution < 1.29 is 9.85 Å². The molecule has 3 heteroatoms. The van der Waals surface area contributed by atoms with Gasteiger partial charge in [0.05, 0.1) is 20.1 Å². The largest absolute Gasteiger partial charge is 0.295 e. The molecule has 0 spiro atoms. The van der Waals surface area contributed by atoms with Crippen LogP contribution in [0.3, 0.4) is 0 Å². The second-order valence-corrected chi connectivity index (χ2v) is 3.09. The van der Waals surface area contributed by atoms with E-state index in [1.807, 2.05) is 7.05 Å². The molecule has 1 fully saturated rings. The summed E-state index contributed by atoms with van der Waals surface area (Å²) in [6, 6.07) is 0. The van der Waals surface area contributed by atoms with Gasteiger partial charge in [-0.2, -0.15) is 4.65 Å². The highest BCUT2D eigenvalue weighted by atomic mass is 16.5. The Morgan fingerprint density at radius 1 is 1.33 bits per heavy atom. The van der Waals surface area contributed by atoms with E-state index in [0.717, 1.165) is 26.2 Å². The standard InChI is InChI=1S/C6H15N2O/c1-7-3-5-8(2,9)6-4-7/h9H,3-6H2,1-2H3/q+1. The van der Waals surface area contributed by atoms with Crippen molar-refractivity contribution >= 4 is 0 Å². The van der Waals surface area contributed by atoms with Crippen molar-refractivity contribution in [3.8, 4) is 0 Å². The van der Waals surface area contributed by atoms with E-state index in [0.29, 0.717) is 0 Å². The van der Waals surface area contributed by atoms with E-state index >= 15 is 0 Å². The molecule has 1 heterocycles. The van der Waals surface area contributed by atoms with Gasteiger partial charge in [-0.25, -0.2) is 5.21 Å². The molecule has 3 nitrogen and oxygen atoms in total. The smallest absolute Gasteiger partial charge is 0.121 e. The van der Waals surface area contributed by atoms with E-state index in [4.69, 9.17) is 0 Å². The summed E-state index contributed by atoms with van der Waals surface area (Å²) >= 11 is 0. The summed E-state index contributed by atoms with van der Waals surface area (Å²) in [5, 5.41) is 9.40. The maximum atomic E-state index is 9.40. The van der Waals surface area contributed by atoms with Crippen molar-refractivity contribution in [2.24, 2.45) is 0 Å². The molecule has 0 aromatic heterocycles. The number of hydrogen-bond acceptors (Lipinski definition) is 2. The Morgan fingerprint density at radius 3 is 2.11 bits per heavy atom. The molecular weight excluding hydrogens is 116 g/mol. The molecule has 0 aromatic rings. The monoisotopic (exact) mass is 131 g/mol. The van der Waals surface area contributed by atoms with Gasteiger partial charge in [-0.15, -0.1) is 0 Å². The van der Waals surface area contributed by atoms with Crippen LogP contribution in [0.2, 0.25) is 0 Å². The number of piperazine rings is 1. The van der Waals surface area contributed by atoms with Gasteiger partial charge in [0, 0.05) is 0 Å². The Bertz CT molecular complexity index is 93.2. The number of hydrogen-bond donors (Lipinski definition) is 1. The number of hydroxylamine groups is 3. The molecule has 0 amide bonds. The summed E-state index contributed by atoms with van der Waals surface area (Å²) < 4.78 is 0.199. The fourth-order valence-corrected chi connectivity index (χ4v) is 0.996. The molecule has 54 valence electrons. The van der Waals surface area contributed by atoms with Crippen LogP contribution >= 0.6 is 0 Å². The lowest BCUT2D eigenvalue weighted by Gasteiger charge is -2.33. The molecule has 9 heavy (non-hydrogen) atoms. The first kappa shape index (κ1) is 6.99. The van der Waals surface area contributed by atoms with Crippen LogP contribution in [0, 0.1) is 0 Å². The first-order valence-electron chi connectivity index (χ1n) is 3.36. The van der Waals surface area contributed by atoms with Gasteiger partial charge in [-0.05, 0) is 7.05 Å². The summed E-state index contributed by atoms with van der Waals surface area (Å²) in [6.07, 6.45) is 0. The van der Waals surface area contributed by atoms with E-state index in [-0.39, 0.29) is 4.65 Å². The van der Waals surface area contributed by atoms with Gasteiger partial charge in [-0.1, -0.05) is 0 Å². The van der Waals surface area contributed by atoms with E-state index in [1.54, 1.807) is 0 Å². The molecular formula is C6H15N2O+. The minimum atomic E-state index is 0.199. The third-order valence-corrected chi connectivity index (χ3v) is 1.93. The fraction of sp³-hybridized carbons (Fsp3) is 1.00. The molecule has 0 unspecified atom stereocenters. The van der Waals surface area contributed by atoms with Crippen molar-refractivity contribution in [1.82, 2.24) is 4.90 Å². The highest BCUT2D eigenvalue weighted by molar-refractivity contribution is 4.53. The lowest BCUT2D eigenvalue weighted by molar-refractivity contribution is -1.09. The van der Waals surface area contributed by atoms with Crippen molar-refractivity contribution in [3.05, 3.63) is 0 Å². The van der Waals surface area contributed by atoms with Gasteiger partial charge >= 0.3 is 0 Å². The van der Waals surface area contributed by atoms with Crippen LogP contribution in [0.25, 0.3) is 0 Å². The maximum Gasteiger partial charge on any atom is 0.121 e. The van der Waals surface area contributed by atoms with Gasteiger partial charge in [0.2, 0.25) is 0 Å². The fourth-order valence-electron chi connectivity index (χ4n) is 0.996. The summed E-state index contributed by atoms with van der Waals surface area (Å²) in [5.41, 5.74) is 0. The Balaban J connectivity index is 2.35. The molecule has 0 atom stereocenters. The van der Waals surface area contributed by atoms with Gasteiger partial charge in [0.25, 0.3) is 0 Å². The Kier molecular flexibility index (Phi) is 1.75. The minimum absolute atomic E-state index is 0.199. The van der Waals surface area contributed by atoms with Gasteiger partial charge in [0.15, 0.2) is 0 Å². The van der Waals surface area contributed by atoms with Gasteiger partial charge in [-0.3, -0.25) is 4.90 Å². The van der Waals surface area contributed by atoms with Crippen LogP contribution < -0.4 is 0 Å². The first-order valence-corrected chi connectivity index (χ1v) is 3.36. The van der Waals surface area contributed by atoms with Crippen LogP contribution in [0.1, 0.15) is 0 Å². The van der Waals surface area contributed by atoms with E-state index in [9.17, 15) is 5.21 Å². The Hall–Kier alpha value is -0.120. The molecule has 1 aliphatic rings. The predicted octanol–water partition coefficient (Wildman–Crippen LogP) is -0.232. The summed E-state index contributed by atoms with van der Waals surface area (Å²) in [4.78, 5) is 2.23. The van der Waals surface area contributed by atoms with Crippen molar-refractivity contribution in [2.75, 3.05) is 40.3 Å². The van der Waals surface area contributed by atoms with Crippen molar-refractivity contribution in [2.45, 2.75) is 0 Å². The van der Waals surface area contributed by atoms with Crippen LogP contribution in [0.4, 0.5) is 0 Å². The second-order valence-electron chi connectivity index (χ2n) is 3.09. The lowest BCUT2D eigenvalue weighted by Crippen LogP contribution is -2.54. The van der Waals surface area contributed by atoms with E-state index in [1.165, 1.54) is 0 Å². The highest BCUT2D eigenvalue weighted by Crippen LogP contribution is 2.02. The van der Waals surface area contributed by atoms with Gasteiger partial charge in [0.1, 0.15) is 13.1 Å². The normalized spacial score (nSPS) is 28.3. The molecule has 1 rings (SSSR count). The zero-order chi connectivity index (χ0) is 6.91. The van der Waals surface area contributed by atoms with E-state index < -0.39 is 0 Å². The first-order chi connectivity index (χ1) is 4.10. The zero-order valence-corrected chi connectivity index (χ0v) is 6.17. The van der Waals surface area contributed by atoms with Crippen LogP contribution in [0.5, 0.6) is 0 Å². The Morgan fingerprint density at radius 2 is 1.78 bits per heavy atom. The third kappa shape index (κ3) is 1.93. The van der Waals surface area contributed by atoms with E-state index in [2.05, 4.69) is 11.9 Å². The molecule has 0 aliphatic carbocycles. The molecule has 1 aliphatic heterocycles. The predicted molar refractivity (Wildman–Crippen MR) is 35.2 cm³/mol. The van der Waals surface area contributed by atoms with Crippen LogP contribution in [-0.2, 0) is 0 Å². The summed E-state index contributed by atoms with van der Waals surface area (Å²) in [7, 11) is 3.94. The molecule has 1 saturated heterocycles. The molecule has 0 bridgehead atoms. The average molecular weight is 131 g/mol. The summed E-state index contributed by atoms with van der Waals surface area (Å²) in [6.45, 7) is 3.73. The third-order valence-electron chi connectivity index (χ3n) is 1.93. The zero-order valence-electron chi connectivity index (χ0n) is 6.17. The quantitative estimate of drug-likeness (QED) is 0.459. The molecule has 0 aromatic carbocycles. The minimum Gasteiger partial charge on any atom is -0.295 e. The molecule has 0 radical (unpaired) electrons. The number of quaternary nitrogens is 1. The molecule has 1 N–H and O–H groups in total. The van der Waals surface area contributed by atoms with Crippen molar-refractivity contribution in [1.29, 1.82) is 0 Å². The number of nitrogens with zero attached hydrogens (tertiary/aromatic N) is 2. The Labute approximate surface area is 56.0 Å². The van der Waals surface area contributed by atoms with Crippen LogP contribution in [-0.4, -0.2) is 55.0 Å². The van der Waals surface area contributed by atoms with Gasteiger partial charge < -0.3 is 0 Å². The topological polar surface area (TPSA) is 23.5 Å². The van der Waals surface area contributed by atoms with Crippen molar-refractivity contribution in [3.63, 3.8) is 0 Å². The van der Waals surface area contributed by atoms with Crippen LogP contribution in [0.15, 0.2) is 0 Å².